The number of carbonyl (C=O) groups is 3. The summed E-state index contributed by atoms with van der Waals surface area (Å²) in [7, 11) is 0. The number of ether oxygens (including phenoxy) is 3. The molecule has 0 aromatic heterocycles. The summed E-state index contributed by atoms with van der Waals surface area (Å²) in [5.74, 6) is -0.905. The Balaban J connectivity index is 4.40. The van der Waals surface area contributed by atoms with Gasteiger partial charge < -0.3 is 14.2 Å². The van der Waals surface area contributed by atoms with Gasteiger partial charge >= 0.3 is 17.9 Å². The molecule has 354 valence electrons. The van der Waals surface area contributed by atoms with Crippen molar-refractivity contribution >= 4 is 17.9 Å². The van der Waals surface area contributed by atoms with Gasteiger partial charge in [0.25, 0.3) is 0 Å². The molecule has 0 aromatic rings. The molecule has 0 aliphatic rings. The van der Waals surface area contributed by atoms with Crippen LogP contribution in [0.2, 0.25) is 0 Å². The second-order valence-electron chi connectivity index (χ2n) is 17.4. The summed E-state index contributed by atoms with van der Waals surface area (Å²) in [6.07, 6.45) is 59.5. The van der Waals surface area contributed by atoms with Crippen molar-refractivity contribution in [1.29, 1.82) is 0 Å². The molecule has 0 saturated carbocycles. The van der Waals surface area contributed by atoms with Gasteiger partial charge in [0, 0.05) is 19.3 Å². The van der Waals surface area contributed by atoms with E-state index in [0.717, 1.165) is 89.9 Å². The van der Waals surface area contributed by atoms with Gasteiger partial charge in [0.15, 0.2) is 6.10 Å². The standard InChI is InChI=1S/C55H98O6/c1-4-7-10-13-16-19-22-25-28-31-33-36-39-42-45-48-54(57)60-51-52(61-55(58)49-46-43-40-37-34-30-27-24-21-18-15-12-9-6-3)50-59-53(56)47-44-41-38-35-32-29-26-23-20-17-14-11-8-5-2/h9,12,18-19,21-22,29,32,52H,4-8,10-11,13-17,20,23-28,30-31,33-51H2,1-3H3/b12-9-,21-18-,22-19-,32-29-. The van der Waals surface area contributed by atoms with E-state index in [1.807, 2.05) is 0 Å². The summed E-state index contributed by atoms with van der Waals surface area (Å²) in [4.78, 5) is 38.0. The molecule has 0 bridgehead atoms. The Morgan fingerprint density at radius 2 is 0.639 bits per heavy atom. The van der Waals surface area contributed by atoms with E-state index < -0.39 is 6.10 Å². The molecule has 0 spiro atoms. The molecule has 0 saturated heterocycles. The van der Waals surface area contributed by atoms with E-state index >= 15 is 0 Å². The van der Waals surface area contributed by atoms with Gasteiger partial charge in [-0.3, -0.25) is 14.4 Å². The van der Waals surface area contributed by atoms with Crippen LogP contribution in [-0.2, 0) is 28.6 Å². The van der Waals surface area contributed by atoms with E-state index in [9.17, 15) is 14.4 Å². The van der Waals surface area contributed by atoms with Crippen LogP contribution >= 0.6 is 0 Å². The Morgan fingerprint density at radius 1 is 0.344 bits per heavy atom. The van der Waals surface area contributed by atoms with Crippen molar-refractivity contribution in [1.82, 2.24) is 0 Å². The van der Waals surface area contributed by atoms with Crippen molar-refractivity contribution in [3.63, 3.8) is 0 Å². The van der Waals surface area contributed by atoms with Gasteiger partial charge in [0.1, 0.15) is 13.2 Å². The van der Waals surface area contributed by atoms with Crippen LogP contribution in [0.3, 0.4) is 0 Å². The number of rotatable bonds is 47. The van der Waals surface area contributed by atoms with E-state index in [-0.39, 0.29) is 31.1 Å². The SMILES string of the molecule is CC/C=C\C/C=C\CCCCCCCCCC(=O)OC(COC(=O)CCCCC/C=C\CCCCCCCCC)COC(=O)CCCCCCCCC/C=C\CCCCCC. The number of carbonyl (C=O) groups excluding carboxylic acids is 3. The summed E-state index contributed by atoms with van der Waals surface area (Å²) in [5, 5.41) is 0. The number of unbranched alkanes of at least 4 members (excludes halogenated alkanes) is 28. The zero-order valence-electron chi connectivity index (χ0n) is 40.4. The Hall–Kier alpha value is -2.63. The van der Waals surface area contributed by atoms with Gasteiger partial charge in [-0.1, -0.05) is 198 Å². The third-order valence-corrected chi connectivity index (χ3v) is 11.3. The smallest absolute Gasteiger partial charge is 0.306 e. The molecule has 0 amide bonds. The molecule has 0 aliphatic carbocycles. The second kappa shape index (κ2) is 50.0. The minimum Gasteiger partial charge on any atom is -0.462 e. The molecule has 6 heteroatoms. The molecule has 1 atom stereocenters. The van der Waals surface area contributed by atoms with Gasteiger partial charge in [-0.15, -0.1) is 0 Å². The molecular formula is C55H98O6. The molecule has 0 rings (SSSR count). The molecule has 0 fully saturated rings. The second-order valence-corrected chi connectivity index (χ2v) is 17.4. The molecule has 0 heterocycles. The van der Waals surface area contributed by atoms with Crippen molar-refractivity contribution < 1.29 is 28.6 Å². The van der Waals surface area contributed by atoms with E-state index in [1.54, 1.807) is 0 Å². The lowest BCUT2D eigenvalue weighted by molar-refractivity contribution is -0.167. The first-order chi connectivity index (χ1) is 30.0. The molecule has 61 heavy (non-hydrogen) atoms. The van der Waals surface area contributed by atoms with E-state index in [1.165, 1.54) is 135 Å². The maximum atomic E-state index is 12.8. The number of hydrogen-bond acceptors (Lipinski definition) is 6. The lowest BCUT2D eigenvalue weighted by Gasteiger charge is -2.18. The number of allylic oxidation sites excluding steroid dienone is 8. The average molecular weight is 855 g/mol. The highest BCUT2D eigenvalue weighted by molar-refractivity contribution is 5.71. The molecule has 0 aromatic carbocycles. The van der Waals surface area contributed by atoms with Gasteiger partial charge in [-0.05, 0) is 96.3 Å². The largest absolute Gasteiger partial charge is 0.462 e. The zero-order chi connectivity index (χ0) is 44.4. The van der Waals surface area contributed by atoms with Gasteiger partial charge in [0.05, 0.1) is 0 Å². The predicted octanol–water partition coefficient (Wildman–Crippen LogP) is 17.1. The maximum absolute atomic E-state index is 12.8. The Morgan fingerprint density at radius 3 is 1.03 bits per heavy atom. The first kappa shape index (κ1) is 58.4. The molecule has 0 N–H and O–H groups in total. The fourth-order valence-electron chi connectivity index (χ4n) is 7.35. The Kier molecular flexibility index (Phi) is 47.9. The summed E-state index contributed by atoms with van der Waals surface area (Å²) in [5.41, 5.74) is 0. The first-order valence-electron chi connectivity index (χ1n) is 26.1. The van der Waals surface area contributed by atoms with E-state index in [4.69, 9.17) is 14.2 Å². The molecule has 1 unspecified atom stereocenters. The highest BCUT2D eigenvalue weighted by atomic mass is 16.6. The lowest BCUT2D eigenvalue weighted by atomic mass is 10.1. The average Bonchev–Trinajstić information content (AvgIpc) is 3.26. The van der Waals surface area contributed by atoms with Crippen molar-refractivity contribution in [2.45, 2.75) is 271 Å². The highest BCUT2D eigenvalue weighted by Crippen LogP contribution is 2.15. The topological polar surface area (TPSA) is 78.9 Å². The minimum absolute atomic E-state index is 0.0825. The number of esters is 3. The molecule has 6 nitrogen and oxygen atoms in total. The van der Waals surface area contributed by atoms with Crippen molar-refractivity contribution in [2.24, 2.45) is 0 Å². The van der Waals surface area contributed by atoms with Crippen LogP contribution < -0.4 is 0 Å². The van der Waals surface area contributed by atoms with E-state index in [0.29, 0.717) is 19.3 Å². The van der Waals surface area contributed by atoms with Crippen LogP contribution in [0.5, 0.6) is 0 Å². The third kappa shape index (κ3) is 48.3. The summed E-state index contributed by atoms with van der Waals surface area (Å²) >= 11 is 0. The highest BCUT2D eigenvalue weighted by Gasteiger charge is 2.19. The Labute approximate surface area is 378 Å². The van der Waals surface area contributed by atoms with Gasteiger partial charge in [-0.25, -0.2) is 0 Å². The van der Waals surface area contributed by atoms with Crippen LogP contribution in [0.4, 0.5) is 0 Å². The lowest BCUT2D eigenvalue weighted by Crippen LogP contribution is -2.30. The quantitative estimate of drug-likeness (QED) is 0.0263. The van der Waals surface area contributed by atoms with Crippen LogP contribution in [0.15, 0.2) is 48.6 Å². The van der Waals surface area contributed by atoms with Crippen molar-refractivity contribution in [2.75, 3.05) is 13.2 Å². The van der Waals surface area contributed by atoms with Crippen molar-refractivity contribution in [3.8, 4) is 0 Å². The molecular weight excluding hydrogens is 757 g/mol. The van der Waals surface area contributed by atoms with Gasteiger partial charge in [-0.2, -0.15) is 0 Å². The monoisotopic (exact) mass is 855 g/mol. The minimum atomic E-state index is -0.783. The molecule has 0 radical (unpaired) electrons. The van der Waals surface area contributed by atoms with E-state index in [2.05, 4.69) is 69.4 Å². The maximum Gasteiger partial charge on any atom is 0.306 e. The van der Waals surface area contributed by atoms with Crippen LogP contribution in [-0.4, -0.2) is 37.2 Å². The number of hydrogen-bond donors (Lipinski definition) is 0. The normalized spacial score (nSPS) is 12.4. The fraction of sp³-hybridized carbons (Fsp3) is 0.800. The summed E-state index contributed by atoms with van der Waals surface area (Å²) in [6, 6.07) is 0. The third-order valence-electron chi connectivity index (χ3n) is 11.3. The Bertz CT molecular complexity index is 1070. The zero-order valence-corrected chi connectivity index (χ0v) is 40.4. The summed E-state index contributed by atoms with van der Waals surface area (Å²) < 4.78 is 16.8. The summed E-state index contributed by atoms with van der Waals surface area (Å²) in [6.45, 7) is 6.51. The predicted molar refractivity (Wildman–Crippen MR) is 261 cm³/mol. The van der Waals surface area contributed by atoms with Crippen LogP contribution in [0.25, 0.3) is 0 Å². The van der Waals surface area contributed by atoms with Crippen LogP contribution in [0.1, 0.15) is 265 Å². The van der Waals surface area contributed by atoms with Crippen LogP contribution in [0, 0.1) is 0 Å². The first-order valence-corrected chi connectivity index (χ1v) is 26.1. The van der Waals surface area contributed by atoms with Gasteiger partial charge in [0.2, 0.25) is 0 Å². The fourth-order valence-corrected chi connectivity index (χ4v) is 7.35. The van der Waals surface area contributed by atoms with Crippen molar-refractivity contribution in [3.05, 3.63) is 48.6 Å². The molecule has 0 aliphatic heterocycles.